The minimum absolute atomic E-state index is 0.132. The molecule has 0 saturated carbocycles. The van der Waals surface area contributed by atoms with Crippen molar-refractivity contribution in [3.05, 3.63) is 51.0 Å². The summed E-state index contributed by atoms with van der Waals surface area (Å²) >= 11 is 2.60. The van der Waals surface area contributed by atoms with E-state index in [1.54, 1.807) is 24.5 Å². The molecule has 2 aliphatic rings. The molecule has 1 aromatic rings. The highest BCUT2D eigenvalue weighted by atomic mass is 32.2. The smallest absolute Gasteiger partial charge is 0.352 e. The number of hydrogen-bond acceptors (Lipinski definition) is 8. The van der Waals surface area contributed by atoms with Crippen LogP contribution in [0.3, 0.4) is 0 Å². The zero-order valence-electron chi connectivity index (χ0n) is 15.6. The second-order valence-corrected chi connectivity index (χ2v) is 8.65. The van der Waals surface area contributed by atoms with Gasteiger partial charge in [0.05, 0.1) is 5.69 Å². The molecule has 2 amide bonds. The van der Waals surface area contributed by atoms with Crippen LogP contribution in [0.1, 0.15) is 30.6 Å². The van der Waals surface area contributed by atoms with Gasteiger partial charge >= 0.3 is 5.97 Å². The first-order chi connectivity index (χ1) is 13.8. The fourth-order valence-electron chi connectivity index (χ4n) is 3.19. The van der Waals surface area contributed by atoms with Gasteiger partial charge in [0.15, 0.2) is 0 Å². The number of carbonyl (C=O) groups excluding carboxylic acids is 2. The van der Waals surface area contributed by atoms with E-state index in [-0.39, 0.29) is 16.6 Å². The summed E-state index contributed by atoms with van der Waals surface area (Å²) < 4.78 is 0. The number of β-lactam (4-membered cyclic amide) rings is 1. The molecule has 152 valence electrons. The number of carboxylic acid groups (broad SMARTS) is 1. The lowest BCUT2D eigenvalue weighted by atomic mass is 10.0. The first kappa shape index (κ1) is 20.9. The molecule has 0 aliphatic carbocycles. The van der Waals surface area contributed by atoms with Crippen molar-refractivity contribution in [2.45, 2.75) is 36.6 Å². The molecule has 0 radical (unpaired) electrons. The molecule has 4 unspecified atom stereocenters. The fraction of sp³-hybridized carbons (Fsp3) is 0.333. The van der Waals surface area contributed by atoms with Crippen molar-refractivity contribution in [2.75, 3.05) is 0 Å². The number of aliphatic carboxylic acids is 1. The topological polar surface area (TPSA) is 129 Å². The first-order valence-electron chi connectivity index (χ1n) is 8.63. The van der Waals surface area contributed by atoms with E-state index in [4.69, 9.17) is 0 Å². The third kappa shape index (κ3) is 3.62. The van der Waals surface area contributed by atoms with E-state index in [9.17, 15) is 24.4 Å². The maximum Gasteiger partial charge on any atom is 0.352 e. The van der Waals surface area contributed by atoms with Gasteiger partial charge in [0.1, 0.15) is 22.1 Å². The molecule has 3 heterocycles. The predicted octanol–water partition coefficient (Wildman–Crippen LogP) is 2.30. The molecule has 1 aromatic heterocycles. The minimum atomic E-state index is -1.39. The summed E-state index contributed by atoms with van der Waals surface area (Å²) in [5.74, 6) is -2.54. The van der Waals surface area contributed by atoms with Gasteiger partial charge in [0.25, 0.3) is 11.8 Å². The van der Waals surface area contributed by atoms with Crippen LogP contribution >= 0.6 is 23.1 Å². The van der Waals surface area contributed by atoms with Crippen LogP contribution in [0.4, 0.5) is 0 Å². The lowest BCUT2D eigenvalue weighted by molar-refractivity contribution is -0.150. The Bertz CT molecular complexity index is 954. The molecule has 0 bridgehead atoms. The SMILES string of the molecule is C=CC1=C(C(=O)O)N2C(=O)C(NC(=O)C(N=O)c3csc(/C=C/C)n3)C2SC1C. The Morgan fingerprint density at radius 2 is 2.21 bits per heavy atom. The maximum atomic E-state index is 12.6. The largest absolute Gasteiger partial charge is 0.477 e. The van der Waals surface area contributed by atoms with Crippen molar-refractivity contribution in [3.8, 4) is 0 Å². The summed E-state index contributed by atoms with van der Waals surface area (Å²) in [7, 11) is 0. The number of thioether (sulfide) groups is 1. The van der Waals surface area contributed by atoms with Crippen LogP contribution in [0.15, 0.2) is 40.6 Å². The number of nitrogens with one attached hydrogen (secondary N) is 1. The van der Waals surface area contributed by atoms with Crippen molar-refractivity contribution in [1.29, 1.82) is 0 Å². The van der Waals surface area contributed by atoms with Crippen LogP contribution in [-0.4, -0.2) is 49.4 Å². The third-order valence-electron chi connectivity index (χ3n) is 4.54. The van der Waals surface area contributed by atoms with Crippen molar-refractivity contribution in [2.24, 2.45) is 5.18 Å². The molecule has 2 N–H and O–H groups in total. The highest BCUT2D eigenvalue weighted by Crippen LogP contribution is 2.44. The Balaban J connectivity index is 1.79. The van der Waals surface area contributed by atoms with E-state index in [2.05, 4.69) is 22.1 Å². The average Bonchev–Trinajstić information content (AvgIpc) is 3.14. The van der Waals surface area contributed by atoms with E-state index < -0.39 is 35.2 Å². The van der Waals surface area contributed by atoms with Crippen LogP contribution in [0, 0.1) is 4.91 Å². The van der Waals surface area contributed by atoms with Gasteiger partial charge in [-0.05, 0) is 30.7 Å². The van der Waals surface area contributed by atoms with Gasteiger partial charge < -0.3 is 10.4 Å². The minimum Gasteiger partial charge on any atom is -0.477 e. The number of carboxylic acids is 1. The standard InChI is InChI=1S/C18H18N4O5S2/c1-4-6-11-19-10(7-28-11)12(21-27)15(23)20-13-16(24)22-14(18(25)26)9(5-2)8(3)29-17(13)22/h4-8,12-13,17H,2H2,1,3H3,(H,20,23)(H,25,26)/b6-4+. The molecule has 1 saturated heterocycles. The zero-order chi connectivity index (χ0) is 21.3. The number of hydrogen-bond donors (Lipinski definition) is 2. The second-order valence-electron chi connectivity index (χ2n) is 6.30. The van der Waals surface area contributed by atoms with Crippen molar-refractivity contribution in [3.63, 3.8) is 0 Å². The Morgan fingerprint density at radius 3 is 2.79 bits per heavy atom. The fourth-order valence-corrected chi connectivity index (χ4v) is 5.43. The molecule has 9 nitrogen and oxygen atoms in total. The van der Waals surface area contributed by atoms with Gasteiger partial charge in [-0.15, -0.1) is 28.0 Å². The van der Waals surface area contributed by atoms with Gasteiger partial charge in [0.2, 0.25) is 6.04 Å². The summed E-state index contributed by atoms with van der Waals surface area (Å²) in [5, 5.41) is 16.3. The van der Waals surface area contributed by atoms with Crippen molar-refractivity contribution in [1.82, 2.24) is 15.2 Å². The molecular weight excluding hydrogens is 416 g/mol. The Morgan fingerprint density at radius 1 is 1.48 bits per heavy atom. The third-order valence-corrected chi connectivity index (χ3v) is 6.79. The summed E-state index contributed by atoms with van der Waals surface area (Å²) in [5.41, 5.74) is 0.513. The molecule has 0 aromatic carbocycles. The van der Waals surface area contributed by atoms with Crippen LogP contribution in [0.5, 0.6) is 0 Å². The Labute approximate surface area is 174 Å². The summed E-state index contributed by atoms with van der Waals surface area (Å²) in [6, 6.07) is -2.34. The predicted molar refractivity (Wildman–Crippen MR) is 110 cm³/mol. The van der Waals surface area contributed by atoms with E-state index in [1.165, 1.54) is 29.2 Å². The van der Waals surface area contributed by atoms with E-state index in [0.29, 0.717) is 10.6 Å². The molecule has 1 fully saturated rings. The van der Waals surface area contributed by atoms with Gasteiger partial charge in [-0.25, -0.2) is 9.78 Å². The van der Waals surface area contributed by atoms with Crippen molar-refractivity contribution >= 4 is 47.0 Å². The number of nitrogens with zero attached hydrogens (tertiary/aromatic N) is 3. The highest BCUT2D eigenvalue weighted by Gasteiger charge is 2.55. The summed E-state index contributed by atoms with van der Waals surface area (Å²) in [6.45, 7) is 7.25. The molecule has 3 rings (SSSR count). The van der Waals surface area contributed by atoms with Gasteiger partial charge in [-0.2, -0.15) is 0 Å². The van der Waals surface area contributed by atoms with Crippen LogP contribution in [-0.2, 0) is 14.4 Å². The molecule has 2 aliphatic heterocycles. The number of allylic oxidation sites excluding steroid dienone is 2. The van der Waals surface area contributed by atoms with E-state index in [1.807, 2.05) is 6.92 Å². The van der Waals surface area contributed by atoms with Crippen molar-refractivity contribution < 1.29 is 19.5 Å². The lowest BCUT2D eigenvalue weighted by Crippen LogP contribution is -2.71. The number of amides is 2. The lowest BCUT2D eigenvalue weighted by Gasteiger charge is -2.50. The highest BCUT2D eigenvalue weighted by molar-refractivity contribution is 8.00. The average molecular weight is 434 g/mol. The zero-order valence-corrected chi connectivity index (χ0v) is 17.2. The molecular formula is C18H18N4O5S2. The summed E-state index contributed by atoms with van der Waals surface area (Å²) in [4.78, 5) is 53.5. The molecule has 4 atom stereocenters. The number of aromatic nitrogens is 1. The number of nitroso groups, excluding NO2 is 1. The van der Waals surface area contributed by atoms with E-state index >= 15 is 0 Å². The second kappa shape index (κ2) is 8.29. The number of fused-ring (bicyclic) bond motifs is 1. The first-order valence-corrected chi connectivity index (χ1v) is 10.5. The maximum absolute atomic E-state index is 12.6. The Kier molecular flexibility index (Phi) is 5.99. The summed E-state index contributed by atoms with van der Waals surface area (Å²) in [6.07, 6.45) is 4.94. The van der Waals surface area contributed by atoms with Crippen LogP contribution in [0.2, 0.25) is 0 Å². The molecule has 11 heteroatoms. The van der Waals surface area contributed by atoms with Crippen LogP contribution < -0.4 is 5.32 Å². The van der Waals surface area contributed by atoms with Gasteiger partial charge in [-0.3, -0.25) is 14.5 Å². The number of rotatable bonds is 7. The monoisotopic (exact) mass is 434 g/mol. The Hall–Kier alpha value is -2.79. The quantitative estimate of drug-likeness (QED) is 0.497. The normalized spacial score (nSPS) is 24.7. The van der Waals surface area contributed by atoms with Gasteiger partial charge in [-0.1, -0.05) is 18.7 Å². The van der Waals surface area contributed by atoms with Gasteiger partial charge in [0, 0.05) is 10.6 Å². The molecule has 0 spiro atoms. The van der Waals surface area contributed by atoms with Crippen LogP contribution in [0.25, 0.3) is 6.08 Å². The number of carbonyl (C=O) groups is 3. The molecule has 29 heavy (non-hydrogen) atoms. The van der Waals surface area contributed by atoms with E-state index in [0.717, 1.165) is 4.90 Å². The number of thiazole rings is 1.